The van der Waals surface area contributed by atoms with Gasteiger partial charge in [-0.2, -0.15) is 18.3 Å². The Hall–Kier alpha value is -4.22. The summed E-state index contributed by atoms with van der Waals surface area (Å²) < 4.78 is 42.0. The van der Waals surface area contributed by atoms with Gasteiger partial charge in [-0.05, 0) is 59.6 Å². The van der Waals surface area contributed by atoms with Gasteiger partial charge in [0.25, 0.3) is 5.91 Å². The number of fused-ring (bicyclic) bond motifs is 1. The number of aromatic amines is 1. The summed E-state index contributed by atoms with van der Waals surface area (Å²) in [4.78, 5) is 28.8. The van der Waals surface area contributed by atoms with Gasteiger partial charge in [0.2, 0.25) is 5.91 Å². The molecule has 1 saturated heterocycles. The van der Waals surface area contributed by atoms with E-state index in [4.69, 9.17) is 0 Å². The number of halogens is 3. The van der Waals surface area contributed by atoms with Gasteiger partial charge in [0.1, 0.15) is 0 Å². The molecular weight excluding hydrogens is 533 g/mol. The second-order valence-electron chi connectivity index (χ2n) is 10.1. The first kappa shape index (κ1) is 28.3. The van der Waals surface area contributed by atoms with Gasteiger partial charge in [0.05, 0.1) is 11.1 Å². The maximum Gasteiger partial charge on any atom is 0.416 e. The lowest BCUT2D eigenvalue weighted by Crippen LogP contribution is -2.45. The van der Waals surface area contributed by atoms with E-state index in [0.29, 0.717) is 30.0 Å². The maximum atomic E-state index is 14.0. The summed E-state index contributed by atoms with van der Waals surface area (Å²) in [5.74, 6) is -0.321. The summed E-state index contributed by atoms with van der Waals surface area (Å²) in [5.41, 5.74) is 2.08. The number of H-pyrrole nitrogens is 1. The number of likely N-dealkylation sites (N-methyl/N-ethyl adjacent to an activating group) is 1. The first-order valence-corrected chi connectivity index (χ1v) is 13.4. The van der Waals surface area contributed by atoms with Crippen LogP contribution in [0.3, 0.4) is 0 Å². The Morgan fingerprint density at radius 2 is 1.66 bits per heavy atom. The number of piperazine rings is 1. The van der Waals surface area contributed by atoms with Gasteiger partial charge in [-0.15, -0.1) is 0 Å². The molecule has 1 fully saturated rings. The van der Waals surface area contributed by atoms with Gasteiger partial charge in [-0.25, -0.2) is 0 Å². The number of amides is 2. The monoisotopic (exact) mass is 564 g/mol. The number of anilines is 2. The first-order chi connectivity index (χ1) is 19.6. The predicted molar refractivity (Wildman–Crippen MR) is 153 cm³/mol. The number of carbonyl (C=O) groups is 2. The highest BCUT2D eigenvalue weighted by atomic mass is 19.4. The molecule has 41 heavy (non-hydrogen) atoms. The fourth-order valence-electron chi connectivity index (χ4n) is 5.06. The second kappa shape index (κ2) is 11.7. The standard InChI is InChI=1S/C30H31F3N6O2/c1-3-38-11-13-39(14-12-38)18-23-7-9-24(17-26(23)30(31,32)33)35-29(41)22-6-4-5-20(15-22)21-8-10-25-27(16-21)36-37-28(25)34-19(2)40/h4-10,15-17H,3,11-14,18H2,1-2H3,(H,35,41)(H2,34,36,37,40). The molecule has 214 valence electrons. The number of hydrogen-bond acceptors (Lipinski definition) is 5. The Balaban J connectivity index is 1.33. The van der Waals surface area contributed by atoms with Crippen molar-refractivity contribution >= 4 is 34.2 Å². The van der Waals surface area contributed by atoms with Crippen LogP contribution in [0.25, 0.3) is 22.0 Å². The summed E-state index contributed by atoms with van der Waals surface area (Å²) >= 11 is 0. The van der Waals surface area contributed by atoms with Crippen molar-refractivity contribution in [3.8, 4) is 11.1 Å². The Bertz CT molecular complexity index is 1570. The molecule has 2 amide bonds. The Kier molecular flexibility index (Phi) is 8.09. The van der Waals surface area contributed by atoms with E-state index >= 15 is 0 Å². The zero-order valence-corrected chi connectivity index (χ0v) is 22.8. The van der Waals surface area contributed by atoms with Gasteiger partial charge in [-0.1, -0.05) is 31.2 Å². The number of benzene rings is 3. The van der Waals surface area contributed by atoms with Crippen molar-refractivity contribution in [2.45, 2.75) is 26.6 Å². The van der Waals surface area contributed by atoms with Crippen LogP contribution in [0.5, 0.6) is 0 Å². The van der Waals surface area contributed by atoms with E-state index in [1.54, 1.807) is 18.2 Å². The van der Waals surface area contributed by atoms with E-state index in [9.17, 15) is 22.8 Å². The SMILES string of the molecule is CCN1CCN(Cc2ccc(NC(=O)c3cccc(-c4ccc5c(NC(C)=O)n[nH]c5c4)c3)cc2C(F)(F)F)CC1. The molecule has 8 nitrogen and oxygen atoms in total. The molecule has 3 N–H and O–H groups in total. The van der Waals surface area contributed by atoms with Crippen LogP contribution in [-0.2, 0) is 17.5 Å². The van der Waals surface area contributed by atoms with Crippen LogP contribution in [0.15, 0.2) is 60.7 Å². The van der Waals surface area contributed by atoms with E-state index in [2.05, 4.69) is 32.7 Å². The maximum absolute atomic E-state index is 14.0. The lowest BCUT2D eigenvalue weighted by atomic mass is 10.0. The van der Waals surface area contributed by atoms with Crippen molar-refractivity contribution in [3.05, 3.63) is 77.4 Å². The molecule has 0 unspecified atom stereocenters. The van der Waals surface area contributed by atoms with Crippen LogP contribution in [0.2, 0.25) is 0 Å². The third-order valence-corrected chi connectivity index (χ3v) is 7.29. The minimum absolute atomic E-state index is 0.0802. The zero-order chi connectivity index (χ0) is 29.1. The number of hydrogen-bond donors (Lipinski definition) is 3. The van der Waals surface area contributed by atoms with E-state index in [1.165, 1.54) is 19.1 Å². The van der Waals surface area contributed by atoms with Crippen LogP contribution in [0.1, 0.15) is 35.3 Å². The van der Waals surface area contributed by atoms with Crippen molar-refractivity contribution in [2.75, 3.05) is 43.4 Å². The molecule has 0 radical (unpaired) electrons. The quantitative estimate of drug-likeness (QED) is 0.272. The lowest BCUT2D eigenvalue weighted by Gasteiger charge is -2.34. The van der Waals surface area contributed by atoms with Crippen LogP contribution >= 0.6 is 0 Å². The molecule has 11 heteroatoms. The van der Waals surface area contributed by atoms with Gasteiger partial charge in [0, 0.05) is 56.3 Å². The minimum Gasteiger partial charge on any atom is -0.322 e. The van der Waals surface area contributed by atoms with E-state index in [-0.39, 0.29) is 23.7 Å². The molecule has 0 spiro atoms. The molecule has 5 rings (SSSR count). The number of nitrogens with zero attached hydrogens (tertiary/aromatic N) is 3. The number of carbonyl (C=O) groups excluding carboxylic acids is 2. The van der Waals surface area contributed by atoms with Crippen molar-refractivity contribution in [1.29, 1.82) is 0 Å². The average molecular weight is 565 g/mol. The molecule has 3 aromatic carbocycles. The first-order valence-electron chi connectivity index (χ1n) is 13.4. The largest absolute Gasteiger partial charge is 0.416 e. The van der Waals surface area contributed by atoms with Crippen LogP contribution < -0.4 is 10.6 Å². The summed E-state index contributed by atoms with van der Waals surface area (Å²) in [7, 11) is 0. The van der Waals surface area contributed by atoms with Gasteiger partial charge in [-0.3, -0.25) is 19.6 Å². The lowest BCUT2D eigenvalue weighted by molar-refractivity contribution is -0.138. The highest BCUT2D eigenvalue weighted by molar-refractivity contribution is 6.05. The summed E-state index contributed by atoms with van der Waals surface area (Å²) in [6.45, 7) is 7.70. The molecule has 2 heterocycles. The molecule has 1 aliphatic rings. The van der Waals surface area contributed by atoms with Crippen molar-refractivity contribution in [2.24, 2.45) is 0 Å². The molecule has 4 aromatic rings. The van der Waals surface area contributed by atoms with Crippen LogP contribution in [-0.4, -0.2) is 64.5 Å². The zero-order valence-electron chi connectivity index (χ0n) is 22.8. The Labute approximate surface area is 235 Å². The smallest absolute Gasteiger partial charge is 0.322 e. The molecular formula is C30H31F3N6O2. The molecule has 0 aliphatic carbocycles. The molecule has 0 saturated carbocycles. The highest BCUT2D eigenvalue weighted by Crippen LogP contribution is 2.35. The molecule has 0 atom stereocenters. The van der Waals surface area contributed by atoms with Crippen molar-refractivity contribution in [1.82, 2.24) is 20.0 Å². The number of rotatable bonds is 7. The van der Waals surface area contributed by atoms with Gasteiger partial charge < -0.3 is 15.5 Å². The van der Waals surface area contributed by atoms with E-state index in [1.807, 2.05) is 29.2 Å². The van der Waals surface area contributed by atoms with Crippen LogP contribution in [0, 0.1) is 0 Å². The predicted octanol–water partition coefficient (Wildman–Crippen LogP) is 5.60. The third-order valence-electron chi connectivity index (χ3n) is 7.29. The molecule has 0 bridgehead atoms. The van der Waals surface area contributed by atoms with Crippen LogP contribution in [0.4, 0.5) is 24.7 Å². The Morgan fingerprint density at radius 1 is 0.927 bits per heavy atom. The topological polar surface area (TPSA) is 93.4 Å². The normalized spacial score (nSPS) is 14.8. The van der Waals surface area contributed by atoms with Crippen molar-refractivity contribution in [3.63, 3.8) is 0 Å². The summed E-state index contributed by atoms with van der Waals surface area (Å²) in [6.07, 6.45) is -4.55. The van der Waals surface area contributed by atoms with Crippen molar-refractivity contribution < 1.29 is 22.8 Å². The highest BCUT2D eigenvalue weighted by Gasteiger charge is 2.34. The van der Waals surface area contributed by atoms with Gasteiger partial charge >= 0.3 is 6.18 Å². The molecule has 1 aliphatic heterocycles. The fraction of sp³-hybridized carbons (Fsp3) is 0.300. The molecule has 1 aromatic heterocycles. The number of alkyl halides is 3. The summed E-state index contributed by atoms with van der Waals surface area (Å²) in [5, 5.41) is 13.0. The van der Waals surface area contributed by atoms with E-state index in [0.717, 1.165) is 42.2 Å². The number of aromatic nitrogens is 2. The van der Waals surface area contributed by atoms with Gasteiger partial charge in [0.15, 0.2) is 5.82 Å². The fourth-order valence-corrected chi connectivity index (χ4v) is 5.06. The second-order valence-corrected chi connectivity index (χ2v) is 10.1. The Morgan fingerprint density at radius 3 is 2.37 bits per heavy atom. The summed E-state index contributed by atoms with van der Waals surface area (Å²) in [6, 6.07) is 16.3. The average Bonchev–Trinajstić information content (AvgIpc) is 3.35. The minimum atomic E-state index is -4.55. The van der Waals surface area contributed by atoms with E-state index < -0.39 is 17.6 Å². The number of nitrogens with one attached hydrogen (secondary N) is 3. The third kappa shape index (κ3) is 6.58.